The Balaban J connectivity index is 1.83. The van der Waals surface area contributed by atoms with Gasteiger partial charge < -0.3 is 10.6 Å². The van der Waals surface area contributed by atoms with Crippen LogP contribution in [0, 0.1) is 0 Å². The first-order chi connectivity index (χ1) is 9.89. The van der Waals surface area contributed by atoms with E-state index < -0.39 is 10.0 Å². The average molecular weight is 311 g/mol. The summed E-state index contributed by atoms with van der Waals surface area (Å²) in [7, 11) is -0.393. The third kappa shape index (κ3) is 4.44. The quantitative estimate of drug-likeness (QED) is 0.788. The number of nitrogens with zero attached hydrogens (tertiary/aromatic N) is 1. The number of sulfonamides is 1. The zero-order chi connectivity index (χ0) is 15.5. The molecule has 1 fully saturated rings. The van der Waals surface area contributed by atoms with Crippen molar-refractivity contribution in [1.29, 1.82) is 0 Å². The second kappa shape index (κ2) is 6.44. The van der Waals surface area contributed by atoms with Crippen molar-refractivity contribution in [2.75, 3.05) is 26.0 Å². The van der Waals surface area contributed by atoms with Gasteiger partial charge in [0.15, 0.2) is 0 Å². The van der Waals surface area contributed by atoms with E-state index in [-0.39, 0.29) is 10.8 Å². The second-order valence-corrected chi connectivity index (χ2v) is 7.48. The summed E-state index contributed by atoms with van der Waals surface area (Å²) in [4.78, 5) is 11.8. The zero-order valence-electron chi connectivity index (χ0n) is 12.3. The second-order valence-electron chi connectivity index (χ2n) is 5.33. The lowest BCUT2D eigenvalue weighted by molar-refractivity contribution is -0.120. The molecule has 2 rings (SSSR count). The molecule has 1 amide bonds. The molecule has 1 aromatic carbocycles. The van der Waals surface area contributed by atoms with E-state index in [1.54, 1.807) is 24.3 Å². The maximum atomic E-state index is 11.9. The Bertz CT molecular complexity index is 592. The van der Waals surface area contributed by atoms with E-state index in [4.69, 9.17) is 0 Å². The van der Waals surface area contributed by atoms with Gasteiger partial charge in [-0.15, -0.1) is 0 Å². The average Bonchev–Trinajstić information content (AvgIpc) is 3.23. The number of amides is 1. The number of nitrogens with one attached hydrogen (secondary N) is 2. The minimum Gasteiger partial charge on any atom is -0.385 e. The van der Waals surface area contributed by atoms with E-state index >= 15 is 0 Å². The first kappa shape index (κ1) is 15.8. The molecule has 116 valence electrons. The molecule has 2 N–H and O–H groups in total. The van der Waals surface area contributed by atoms with Gasteiger partial charge in [-0.3, -0.25) is 4.79 Å². The Hall–Kier alpha value is -1.60. The lowest BCUT2D eigenvalue weighted by Gasteiger charge is -2.12. The van der Waals surface area contributed by atoms with Crippen molar-refractivity contribution < 1.29 is 13.2 Å². The number of benzene rings is 1. The van der Waals surface area contributed by atoms with Gasteiger partial charge in [-0.2, -0.15) is 0 Å². The molecule has 21 heavy (non-hydrogen) atoms. The molecule has 0 spiro atoms. The van der Waals surface area contributed by atoms with Crippen molar-refractivity contribution in [2.24, 2.45) is 0 Å². The van der Waals surface area contributed by atoms with Crippen LogP contribution >= 0.6 is 0 Å². The van der Waals surface area contributed by atoms with Crippen LogP contribution in [0.2, 0.25) is 0 Å². The van der Waals surface area contributed by atoms with Gasteiger partial charge >= 0.3 is 0 Å². The van der Waals surface area contributed by atoms with Crippen LogP contribution in [0.3, 0.4) is 0 Å². The van der Waals surface area contributed by atoms with E-state index in [1.807, 2.05) is 0 Å². The van der Waals surface area contributed by atoms with Crippen molar-refractivity contribution >= 4 is 21.6 Å². The molecule has 1 aliphatic carbocycles. The number of rotatable bonds is 7. The predicted molar refractivity (Wildman–Crippen MR) is 81.6 cm³/mol. The van der Waals surface area contributed by atoms with Gasteiger partial charge in [0.1, 0.15) is 0 Å². The molecule has 0 bridgehead atoms. The highest BCUT2D eigenvalue weighted by Crippen LogP contribution is 2.19. The summed E-state index contributed by atoms with van der Waals surface area (Å²) in [6, 6.07) is 6.90. The fourth-order valence-corrected chi connectivity index (χ4v) is 2.71. The Labute approximate surface area is 125 Å². The number of hydrogen-bond acceptors (Lipinski definition) is 4. The van der Waals surface area contributed by atoms with Crippen LogP contribution in [-0.2, 0) is 14.8 Å². The van der Waals surface area contributed by atoms with Crippen LogP contribution in [0.25, 0.3) is 0 Å². The van der Waals surface area contributed by atoms with Crippen LogP contribution < -0.4 is 10.6 Å². The zero-order valence-corrected chi connectivity index (χ0v) is 13.1. The normalized spacial score (nSPS) is 15.0. The van der Waals surface area contributed by atoms with E-state index in [1.165, 1.54) is 18.4 Å². The minimum absolute atomic E-state index is 0.0526. The Kier molecular flexibility index (Phi) is 4.84. The summed E-state index contributed by atoms with van der Waals surface area (Å²) < 4.78 is 25.0. The number of hydrogen-bond donors (Lipinski definition) is 2. The molecule has 1 aliphatic rings. The van der Waals surface area contributed by atoms with Crippen LogP contribution in [0.15, 0.2) is 29.2 Å². The van der Waals surface area contributed by atoms with E-state index in [9.17, 15) is 13.2 Å². The van der Waals surface area contributed by atoms with Crippen LogP contribution in [0.5, 0.6) is 0 Å². The highest BCUT2D eigenvalue weighted by atomic mass is 32.2. The summed E-state index contributed by atoms with van der Waals surface area (Å²) in [5.74, 6) is 0.0526. The highest BCUT2D eigenvalue weighted by Gasteiger charge is 2.22. The Morgan fingerprint density at radius 1 is 1.24 bits per heavy atom. The van der Waals surface area contributed by atoms with Crippen molar-refractivity contribution in [3.05, 3.63) is 24.3 Å². The molecular weight excluding hydrogens is 290 g/mol. The van der Waals surface area contributed by atoms with Crippen molar-refractivity contribution in [2.45, 2.75) is 30.2 Å². The van der Waals surface area contributed by atoms with Crippen LogP contribution in [-0.4, -0.2) is 45.3 Å². The topological polar surface area (TPSA) is 78.5 Å². The molecule has 6 nitrogen and oxygen atoms in total. The third-order valence-electron chi connectivity index (χ3n) is 3.26. The Morgan fingerprint density at radius 3 is 2.38 bits per heavy atom. The first-order valence-electron chi connectivity index (χ1n) is 6.95. The predicted octanol–water partition coefficient (Wildman–Crippen LogP) is 1.02. The van der Waals surface area contributed by atoms with Crippen LogP contribution in [0.4, 0.5) is 5.69 Å². The maximum absolute atomic E-state index is 11.9. The van der Waals surface area contributed by atoms with Gasteiger partial charge in [-0.1, -0.05) is 0 Å². The molecule has 0 aliphatic heterocycles. The molecule has 0 radical (unpaired) electrons. The van der Waals surface area contributed by atoms with Gasteiger partial charge in [0.25, 0.3) is 0 Å². The van der Waals surface area contributed by atoms with E-state index in [0.29, 0.717) is 19.0 Å². The van der Waals surface area contributed by atoms with Gasteiger partial charge in [0.05, 0.1) is 4.90 Å². The third-order valence-corrected chi connectivity index (χ3v) is 5.09. The van der Waals surface area contributed by atoms with Crippen LogP contribution in [0.1, 0.15) is 19.3 Å². The fourth-order valence-electron chi connectivity index (χ4n) is 1.80. The summed E-state index contributed by atoms with van der Waals surface area (Å²) in [5, 5.41) is 6.03. The van der Waals surface area contributed by atoms with E-state index in [2.05, 4.69) is 10.6 Å². The molecule has 0 aromatic heterocycles. The molecule has 1 saturated carbocycles. The van der Waals surface area contributed by atoms with Gasteiger partial charge in [0.2, 0.25) is 15.9 Å². The Morgan fingerprint density at radius 2 is 1.86 bits per heavy atom. The molecule has 0 saturated heterocycles. The lowest BCUT2D eigenvalue weighted by atomic mass is 10.3. The minimum atomic E-state index is -3.39. The molecule has 0 atom stereocenters. The van der Waals surface area contributed by atoms with Gasteiger partial charge in [-0.05, 0) is 37.1 Å². The molecule has 1 aromatic rings. The smallest absolute Gasteiger partial charge is 0.242 e. The summed E-state index contributed by atoms with van der Waals surface area (Å²) >= 11 is 0. The number of anilines is 1. The first-order valence-corrected chi connectivity index (χ1v) is 8.39. The fraction of sp³-hybridized carbons (Fsp3) is 0.500. The molecule has 0 heterocycles. The monoisotopic (exact) mass is 311 g/mol. The van der Waals surface area contributed by atoms with Crippen molar-refractivity contribution in [1.82, 2.24) is 9.62 Å². The number of carbonyl (C=O) groups is 1. The van der Waals surface area contributed by atoms with Crippen molar-refractivity contribution in [3.63, 3.8) is 0 Å². The van der Waals surface area contributed by atoms with E-state index in [0.717, 1.165) is 18.5 Å². The lowest BCUT2D eigenvalue weighted by Crippen LogP contribution is -2.27. The summed E-state index contributed by atoms with van der Waals surface area (Å²) in [5.41, 5.74) is 0.798. The maximum Gasteiger partial charge on any atom is 0.242 e. The molecule has 0 unspecified atom stereocenters. The summed E-state index contributed by atoms with van der Waals surface area (Å²) in [6.45, 7) is 0.526. The van der Waals surface area contributed by atoms with Crippen molar-refractivity contribution in [3.8, 4) is 0 Å². The van der Waals surface area contributed by atoms with Gasteiger partial charge in [-0.25, -0.2) is 12.7 Å². The largest absolute Gasteiger partial charge is 0.385 e. The number of carbonyl (C=O) groups excluding carboxylic acids is 1. The van der Waals surface area contributed by atoms with Gasteiger partial charge in [0, 0.05) is 38.8 Å². The molecule has 7 heteroatoms. The molecular formula is C14H21N3O3S. The highest BCUT2D eigenvalue weighted by molar-refractivity contribution is 7.89. The SMILES string of the molecule is CN(C)S(=O)(=O)c1ccc(NCCC(=O)NC2CC2)cc1. The summed E-state index contributed by atoms with van der Waals surface area (Å²) in [6.07, 6.45) is 2.58. The standard InChI is InChI=1S/C14H21N3O3S/c1-17(2)21(19,20)13-7-5-11(6-8-13)15-10-9-14(18)16-12-3-4-12/h5-8,12,15H,3-4,9-10H2,1-2H3,(H,16,18).